The second kappa shape index (κ2) is 9.85. The molecule has 0 bridgehead atoms. The molecule has 0 aliphatic carbocycles. The summed E-state index contributed by atoms with van der Waals surface area (Å²) in [5.74, 6) is 13.4. The lowest BCUT2D eigenvalue weighted by atomic mass is 10.1. The molecule has 1 saturated heterocycles. The number of rotatable bonds is 4. The third kappa shape index (κ3) is 5.50. The lowest BCUT2D eigenvalue weighted by Crippen LogP contribution is -2.32. The number of methoxy groups -OCH3 is 2. The number of nitrogens with zero attached hydrogens (tertiary/aromatic N) is 4. The van der Waals surface area contributed by atoms with E-state index in [-0.39, 0.29) is 6.04 Å². The Bertz CT molecular complexity index is 1330. The molecule has 1 aromatic carbocycles. The van der Waals surface area contributed by atoms with Crippen LogP contribution in [0.1, 0.15) is 37.4 Å². The van der Waals surface area contributed by atoms with E-state index in [0.29, 0.717) is 47.0 Å². The van der Waals surface area contributed by atoms with Crippen molar-refractivity contribution in [1.29, 1.82) is 0 Å². The molecule has 0 spiro atoms. The van der Waals surface area contributed by atoms with E-state index in [2.05, 4.69) is 33.6 Å². The molecule has 4 rings (SSSR count). The molecule has 2 atom stereocenters. The van der Waals surface area contributed by atoms with Crippen LogP contribution >= 0.6 is 0 Å². The molecule has 3 heterocycles. The van der Waals surface area contributed by atoms with Gasteiger partial charge < -0.3 is 30.0 Å². The standard InChI is InChI=1S/C26H29N5O4/c1-26(2,33)9-7-22(32)30-10-8-19(15-30)31-14-18(23-24(27)28-16-29-25(23)31)6-5-17-11-20(34-3)13-21(12-17)35-4/h11-14,16,19,22,32-33H,8,10,15H2,1-4H3,(H2,27,28,29)/t19?,22-/m0/s1. The number of benzene rings is 1. The Balaban J connectivity index is 1.66. The Morgan fingerprint density at radius 3 is 2.51 bits per heavy atom. The number of nitrogens with two attached hydrogens (primary N) is 1. The lowest BCUT2D eigenvalue weighted by molar-refractivity contribution is 0.0654. The first kappa shape index (κ1) is 24.4. The number of ether oxygens (including phenoxy) is 2. The highest BCUT2D eigenvalue weighted by molar-refractivity contribution is 5.92. The smallest absolute Gasteiger partial charge is 0.171 e. The first-order valence-corrected chi connectivity index (χ1v) is 11.2. The van der Waals surface area contributed by atoms with E-state index >= 15 is 0 Å². The minimum Gasteiger partial charge on any atom is -0.497 e. The third-order valence-corrected chi connectivity index (χ3v) is 5.77. The maximum Gasteiger partial charge on any atom is 0.171 e. The van der Waals surface area contributed by atoms with Crippen molar-refractivity contribution in [2.24, 2.45) is 0 Å². The van der Waals surface area contributed by atoms with Gasteiger partial charge in [0.1, 0.15) is 34.9 Å². The Kier molecular flexibility index (Phi) is 6.86. The maximum absolute atomic E-state index is 10.5. The zero-order valence-corrected chi connectivity index (χ0v) is 20.2. The van der Waals surface area contributed by atoms with E-state index < -0.39 is 11.8 Å². The number of nitrogen functional groups attached to an aromatic ring is 1. The maximum atomic E-state index is 10.5. The highest BCUT2D eigenvalue weighted by Crippen LogP contribution is 2.31. The largest absolute Gasteiger partial charge is 0.497 e. The minimum atomic E-state index is -1.16. The average molecular weight is 476 g/mol. The molecular formula is C26H29N5O4. The molecule has 9 nitrogen and oxygen atoms in total. The van der Waals surface area contributed by atoms with Gasteiger partial charge in [0.05, 0.1) is 25.2 Å². The number of fused-ring (bicyclic) bond motifs is 1. The third-order valence-electron chi connectivity index (χ3n) is 5.77. The number of anilines is 1. The molecular weight excluding hydrogens is 446 g/mol. The molecule has 3 aromatic rings. The van der Waals surface area contributed by atoms with Gasteiger partial charge in [-0.05, 0) is 32.4 Å². The van der Waals surface area contributed by atoms with Gasteiger partial charge in [-0.2, -0.15) is 0 Å². The second-order valence-electron chi connectivity index (χ2n) is 8.90. The van der Waals surface area contributed by atoms with Crippen molar-refractivity contribution in [3.63, 3.8) is 0 Å². The SMILES string of the molecule is COc1cc(C#Cc2cn(C3CCN([C@@H](O)C#CC(C)(C)O)C3)c3ncnc(N)c23)cc(OC)c1. The first-order valence-electron chi connectivity index (χ1n) is 11.2. The summed E-state index contributed by atoms with van der Waals surface area (Å²) < 4.78 is 12.7. The Morgan fingerprint density at radius 1 is 1.14 bits per heavy atom. The van der Waals surface area contributed by atoms with Crippen LogP contribution in [0.4, 0.5) is 5.82 Å². The molecule has 1 fully saturated rings. The van der Waals surface area contributed by atoms with Crippen LogP contribution in [0.15, 0.2) is 30.7 Å². The van der Waals surface area contributed by atoms with Crippen molar-refractivity contribution in [2.45, 2.75) is 38.1 Å². The van der Waals surface area contributed by atoms with Crippen LogP contribution in [-0.2, 0) is 0 Å². The van der Waals surface area contributed by atoms with Crippen LogP contribution in [0.2, 0.25) is 0 Å². The van der Waals surface area contributed by atoms with Crippen LogP contribution in [-0.4, -0.2) is 68.8 Å². The molecule has 1 unspecified atom stereocenters. The van der Waals surface area contributed by atoms with E-state index in [0.717, 1.165) is 12.0 Å². The summed E-state index contributed by atoms with van der Waals surface area (Å²) >= 11 is 0. The Hall–Kier alpha value is -3.76. The summed E-state index contributed by atoms with van der Waals surface area (Å²) in [4.78, 5) is 10.5. The van der Waals surface area contributed by atoms with Crippen molar-refractivity contribution in [2.75, 3.05) is 33.0 Å². The summed E-state index contributed by atoms with van der Waals surface area (Å²) in [6, 6.07) is 5.49. The van der Waals surface area contributed by atoms with E-state index in [1.54, 1.807) is 34.1 Å². The number of aliphatic hydroxyl groups excluding tert-OH is 1. The number of hydrogen-bond donors (Lipinski definition) is 3. The molecule has 35 heavy (non-hydrogen) atoms. The van der Waals surface area contributed by atoms with E-state index in [1.165, 1.54) is 6.33 Å². The van der Waals surface area contributed by atoms with Gasteiger partial charge in [0.2, 0.25) is 0 Å². The van der Waals surface area contributed by atoms with Crippen LogP contribution in [0.3, 0.4) is 0 Å². The van der Waals surface area contributed by atoms with Crippen molar-refractivity contribution in [3.8, 4) is 35.2 Å². The molecule has 182 valence electrons. The van der Waals surface area contributed by atoms with Crippen LogP contribution < -0.4 is 15.2 Å². The monoisotopic (exact) mass is 475 g/mol. The fraction of sp³-hybridized carbons (Fsp3) is 0.385. The topological polar surface area (TPSA) is 119 Å². The number of aliphatic hydroxyl groups is 2. The quantitative estimate of drug-likeness (QED) is 0.489. The predicted octanol–water partition coefficient (Wildman–Crippen LogP) is 1.77. The number of hydrogen-bond acceptors (Lipinski definition) is 8. The van der Waals surface area contributed by atoms with Crippen molar-refractivity contribution in [1.82, 2.24) is 19.4 Å². The van der Waals surface area contributed by atoms with Gasteiger partial charge in [0, 0.05) is 37.0 Å². The van der Waals surface area contributed by atoms with E-state index in [1.807, 2.05) is 27.8 Å². The molecule has 1 aliphatic rings. The highest BCUT2D eigenvalue weighted by atomic mass is 16.5. The fourth-order valence-electron chi connectivity index (χ4n) is 4.05. The molecule has 1 aliphatic heterocycles. The zero-order valence-electron chi connectivity index (χ0n) is 20.2. The van der Waals surface area contributed by atoms with Crippen LogP contribution in [0.25, 0.3) is 11.0 Å². The normalized spacial score (nSPS) is 16.8. The van der Waals surface area contributed by atoms with E-state index in [9.17, 15) is 10.2 Å². The Labute approximate surface area is 204 Å². The first-order chi connectivity index (χ1) is 16.7. The molecule has 0 radical (unpaired) electrons. The minimum absolute atomic E-state index is 0.0397. The summed E-state index contributed by atoms with van der Waals surface area (Å²) in [5, 5.41) is 21.0. The van der Waals surface area contributed by atoms with Crippen LogP contribution in [0, 0.1) is 23.7 Å². The van der Waals surface area contributed by atoms with Crippen LogP contribution in [0.5, 0.6) is 11.5 Å². The molecule has 0 amide bonds. The van der Waals surface area contributed by atoms with Gasteiger partial charge in [-0.3, -0.25) is 4.90 Å². The van der Waals surface area contributed by atoms with Gasteiger partial charge in [0.15, 0.2) is 6.23 Å². The zero-order chi connectivity index (χ0) is 25.2. The number of aromatic nitrogens is 3. The molecule has 2 aromatic heterocycles. The van der Waals surface area contributed by atoms with Gasteiger partial charge in [-0.1, -0.05) is 23.7 Å². The van der Waals surface area contributed by atoms with Crippen molar-refractivity contribution >= 4 is 16.9 Å². The predicted molar refractivity (Wildman–Crippen MR) is 133 cm³/mol. The second-order valence-corrected chi connectivity index (χ2v) is 8.90. The van der Waals surface area contributed by atoms with E-state index in [4.69, 9.17) is 15.2 Å². The Morgan fingerprint density at radius 2 is 1.86 bits per heavy atom. The van der Waals surface area contributed by atoms with Gasteiger partial charge >= 0.3 is 0 Å². The molecule has 0 saturated carbocycles. The number of likely N-dealkylation sites (tertiary alicyclic amines) is 1. The van der Waals surface area contributed by atoms with Crippen molar-refractivity contribution in [3.05, 3.63) is 41.9 Å². The lowest BCUT2D eigenvalue weighted by Gasteiger charge is -2.19. The summed E-state index contributed by atoms with van der Waals surface area (Å²) in [7, 11) is 3.19. The summed E-state index contributed by atoms with van der Waals surface area (Å²) in [5.41, 5.74) is 7.19. The molecule has 4 N–H and O–H groups in total. The summed E-state index contributed by atoms with van der Waals surface area (Å²) in [6.45, 7) is 4.38. The highest BCUT2D eigenvalue weighted by Gasteiger charge is 2.29. The average Bonchev–Trinajstić information content (AvgIpc) is 3.46. The fourth-order valence-corrected chi connectivity index (χ4v) is 4.05. The van der Waals surface area contributed by atoms with Gasteiger partial charge in [-0.25, -0.2) is 9.97 Å². The van der Waals surface area contributed by atoms with Gasteiger partial charge in [0.25, 0.3) is 0 Å². The van der Waals surface area contributed by atoms with Gasteiger partial charge in [-0.15, -0.1) is 0 Å². The molecule has 9 heteroatoms. The summed E-state index contributed by atoms with van der Waals surface area (Å²) in [6.07, 6.45) is 3.20. The van der Waals surface area contributed by atoms with Crippen molar-refractivity contribution < 1.29 is 19.7 Å².